The minimum absolute atomic E-state index is 0.0672. The fourth-order valence-corrected chi connectivity index (χ4v) is 3.75. The van der Waals surface area contributed by atoms with Crippen LogP contribution < -0.4 is 10.9 Å². The molecule has 34 heavy (non-hydrogen) atoms. The number of unbranched alkanes of at least 4 members (excludes halogenated alkanes) is 1. The standard InChI is InChI=1S/C27H34N4O3/c1-6-7-10-22-24(25(32)31-16-9-8-11-23(31)30-22)19-12-14-20(15-13-19)29-18(2)17-21(28)26(33)34-27(3,4)5/h8-9,11-16,18,28-29H,6-7,10,17H2,1-5H3. The highest BCUT2D eigenvalue weighted by atomic mass is 16.6. The lowest BCUT2D eigenvalue weighted by Crippen LogP contribution is -2.31. The normalized spacial score (nSPS) is 12.4. The number of benzene rings is 1. The molecule has 0 saturated carbocycles. The molecule has 0 aliphatic heterocycles. The zero-order chi connectivity index (χ0) is 24.9. The summed E-state index contributed by atoms with van der Waals surface area (Å²) in [6.07, 6.45) is 4.72. The number of ether oxygens (including phenoxy) is 1. The molecular formula is C27H34N4O3. The number of nitrogens with one attached hydrogen (secondary N) is 2. The quantitative estimate of drug-likeness (QED) is 0.334. The number of aromatic nitrogens is 2. The number of carbonyl (C=O) groups is 1. The Morgan fingerprint density at radius 2 is 1.88 bits per heavy atom. The van der Waals surface area contributed by atoms with Crippen molar-refractivity contribution in [3.05, 3.63) is 64.7 Å². The molecule has 0 fully saturated rings. The number of carbonyl (C=O) groups excluding carboxylic acids is 1. The van der Waals surface area contributed by atoms with Gasteiger partial charge >= 0.3 is 5.97 Å². The number of nitrogens with zero attached hydrogens (tertiary/aromatic N) is 2. The number of fused-ring (bicyclic) bond motifs is 1. The molecule has 0 spiro atoms. The first kappa shape index (κ1) is 25.1. The van der Waals surface area contributed by atoms with Crippen LogP contribution in [-0.4, -0.2) is 32.7 Å². The summed E-state index contributed by atoms with van der Waals surface area (Å²) in [6, 6.07) is 13.1. The van der Waals surface area contributed by atoms with Crippen LogP contribution in [0.5, 0.6) is 0 Å². The fourth-order valence-electron chi connectivity index (χ4n) is 3.75. The van der Waals surface area contributed by atoms with Crippen LogP contribution in [0.4, 0.5) is 5.69 Å². The van der Waals surface area contributed by atoms with Crippen molar-refractivity contribution in [2.45, 2.75) is 71.9 Å². The second-order valence-electron chi connectivity index (χ2n) is 9.58. The van der Waals surface area contributed by atoms with Crippen molar-refractivity contribution in [1.29, 1.82) is 5.41 Å². The maximum atomic E-state index is 13.3. The van der Waals surface area contributed by atoms with Gasteiger partial charge in [0.1, 0.15) is 17.0 Å². The number of rotatable bonds is 9. The number of anilines is 1. The van der Waals surface area contributed by atoms with Gasteiger partial charge in [0.2, 0.25) is 0 Å². The average Bonchev–Trinajstić information content (AvgIpc) is 2.77. The molecule has 2 aromatic heterocycles. The number of hydrogen-bond acceptors (Lipinski definition) is 6. The fraction of sp³-hybridized carbons (Fsp3) is 0.407. The Hall–Kier alpha value is -3.48. The summed E-state index contributed by atoms with van der Waals surface area (Å²) in [4.78, 5) is 30.1. The van der Waals surface area contributed by atoms with Gasteiger partial charge in [-0.15, -0.1) is 0 Å². The van der Waals surface area contributed by atoms with E-state index >= 15 is 0 Å². The van der Waals surface area contributed by atoms with Crippen molar-refractivity contribution in [2.24, 2.45) is 0 Å². The van der Waals surface area contributed by atoms with Crippen LogP contribution >= 0.6 is 0 Å². The van der Waals surface area contributed by atoms with Crippen LogP contribution in [0.2, 0.25) is 0 Å². The molecule has 180 valence electrons. The highest BCUT2D eigenvalue weighted by molar-refractivity contribution is 6.35. The molecule has 7 heteroatoms. The van der Waals surface area contributed by atoms with E-state index in [2.05, 4.69) is 12.2 Å². The zero-order valence-electron chi connectivity index (χ0n) is 20.6. The van der Waals surface area contributed by atoms with Crippen molar-refractivity contribution in [2.75, 3.05) is 5.32 Å². The van der Waals surface area contributed by atoms with E-state index in [0.29, 0.717) is 11.2 Å². The van der Waals surface area contributed by atoms with Gasteiger partial charge in [-0.3, -0.25) is 14.6 Å². The monoisotopic (exact) mass is 462 g/mol. The van der Waals surface area contributed by atoms with Gasteiger partial charge in [0.05, 0.1) is 11.3 Å². The Morgan fingerprint density at radius 3 is 2.53 bits per heavy atom. The number of hydrogen-bond donors (Lipinski definition) is 2. The first-order chi connectivity index (χ1) is 16.1. The lowest BCUT2D eigenvalue weighted by Gasteiger charge is -2.21. The molecule has 0 bridgehead atoms. The largest absolute Gasteiger partial charge is 0.456 e. The maximum absolute atomic E-state index is 13.3. The van der Waals surface area contributed by atoms with Crippen LogP contribution in [0.1, 0.15) is 59.6 Å². The summed E-state index contributed by atoms with van der Waals surface area (Å²) in [7, 11) is 0. The van der Waals surface area contributed by atoms with E-state index in [4.69, 9.17) is 15.1 Å². The van der Waals surface area contributed by atoms with Crippen LogP contribution in [0.25, 0.3) is 16.8 Å². The van der Waals surface area contributed by atoms with E-state index in [-0.39, 0.29) is 23.7 Å². The highest BCUT2D eigenvalue weighted by Crippen LogP contribution is 2.24. The molecule has 2 heterocycles. The van der Waals surface area contributed by atoms with E-state index in [9.17, 15) is 9.59 Å². The Morgan fingerprint density at radius 1 is 1.18 bits per heavy atom. The third kappa shape index (κ3) is 6.31. The maximum Gasteiger partial charge on any atom is 0.352 e. The molecule has 7 nitrogen and oxygen atoms in total. The third-order valence-electron chi connectivity index (χ3n) is 5.32. The lowest BCUT2D eigenvalue weighted by atomic mass is 10.0. The summed E-state index contributed by atoms with van der Waals surface area (Å²) in [5, 5.41) is 11.3. The van der Waals surface area contributed by atoms with Gasteiger partial charge in [-0.25, -0.2) is 9.78 Å². The van der Waals surface area contributed by atoms with E-state index in [0.717, 1.165) is 36.2 Å². The molecule has 0 amide bonds. The van der Waals surface area contributed by atoms with Crippen molar-refractivity contribution in [3.63, 3.8) is 0 Å². The minimum atomic E-state index is -0.623. The topological polar surface area (TPSA) is 96.5 Å². The van der Waals surface area contributed by atoms with Gasteiger partial charge in [-0.05, 0) is 70.4 Å². The summed E-state index contributed by atoms with van der Waals surface area (Å²) in [6.45, 7) is 9.39. The average molecular weight is 463 g/mol. The van der Waals surface area contributed by atoms with E-state index in [1.807, 2.05) is 49.4 Å². The molecule has 3 rings (SSSR count). The molecule has 0 radical (unpaired) electrons. The van der Waals surface area contributed by atoms with Crippen molar-refractivity contribution in [3.8, 4) is 11.1 Å². The summed E-state index contributed by atoms with van der Waals surface area (Å²) in [5.41, 5.74) is 3.00. The molecule has 1 aromatic carbocycles. The Kier molecular flexibility index (Phi) is 7.87. The first-order valence-electron chi connectivity index (χ1n) is 11.8. The third-order valence-corrected chi connectivity index (χ3v) is 5.32. The van der Waals surface area contributed by atoms with Gasteiger partial charge in [0.15, 0.2) is 0 Å². The van der Waals surface area contributed by atoms with E-state index in [1.54, 1.807) is 31.4 Å². The van der Waals surface area contributed by atoms with Gasteiger partial charge in [0.25, 0.3) is 5.56 Å². The SMILES string of the molecule is CCCCc1nc2ccccn2c(=O)c1-c1ccc(NC(C)CC(=N)C(=O)OC(C)(C)C)cc1. The van der Waals surface area contributed by atoms with Gasteiger partial charge in [-0.2, -0.15) is 0 Å². The second-order valence-corrected chi connectivity index (χ2v) is 9.58. The Labute approximate surface area is 200 Å². The highest BCUT2D eigenvalue weighted by Gasteiger charge is 2.21. The van der Waals surface area contributed by atoms with Crippen molar-refractivity contribution < 1.29 is 9.53 Å². The smallest absolute Gasteiger partial charge is 0.352 e. The number of esters is 1. The minimum Gasteiger partial charge on any atom is -0.456 e. The van der Waals surface area contributed by atoms with E-state index in [1.165, 1.54) is 0 Å². The summed E-state index contributed by atoms with van der Waals surface area (Å²) < 4.78 is 6.85. The van der Waals surface area contributed by atoms with Gasteiger partial charge < -0.3 is 10.1 Å². The lowest BCUT2D eigenvalue weighted by molar-refractivity contribution is -0.146. The molecule has 0 aliphatic carbocycles. The molecule has 2 N–H and O–H groups in total. The molecule has 1 unspecified atom stereocenters. The first-order valence-corrected chi connectivity index (χ1v) is 11.8. The van der Waals surface area contributed by atoms with Crippen LogP contribution in [0.3, 0.4) is 0 Å². The van der Waals surface area contributed by atoms with Crippen molar-refractivity contribution >= 4 is 23.0 Å². The van der Waals surface area contributed by atoms with Crippen molar-refractivity contribution in [1.82, 2.24) is 9.38 Å². The van der Waals surface area contributed by atoms with Crippen LogP contribution in [-0.2, 0) is 16.0 Å². The summed E-state index contributed by atoms with van der Waals surface area (Å²) >= 11 is 0. The molecule has 0 aliphatic rings. The zero-order valence-corrected chi connectivity index (χ0v) is 20.6. The van der Waals surface area contributed by atoms with E-state index < -0.39 is 11.6 Å². The number of aryl methyl sites for hydroxylation is 1. The molecular weight excluding hydrogens is 428 g/mol. The Bertz CT molecular complexity index is 1220. The molecule has 3 aromatic rings. The second kappa shape index (κ2) is 10.6. The predicted molar refractivity (Wildman–Crippen MR) is 137 cm³/mol. The Balaban J connectivity index is 1.79. The van der Waals surface area contributed by atoms with Crippen LogP contribution in [0, 0.1) is 5.41 Å². The van der Waals surface area contributed by atoms with Gasteiger partial charge in [-0.1, -0.05) is 31.5 Å². The van der Waals surface area contributed by atoms with Gasteiger partial charge in [0, 0.05) is 24.3 Å². The molecule has 0 saturated heterocycles. The molecule has 1 atom stereocenters. The van der Waals surface area contributed by atoms with Crippen LogP contribution in [0.15, 0.2) is 53.5 Å². The summed E-state index contributed by atoms with van der Waals surface area (Å²) in [5.74, 6) is -0.597. The number of pyridine rings is 1. The predicted octanol–water partition coefficient (Wildman–Crippen LogP) is 5.26.